The first-order valence-electron chi connectivity index (χ1n) is 6.68. The smallest absolute Gasteiger partial charge is 0.338 e. The molecule has 2 aromatic rings. The first kappa shape index (κ1) is 14.8. The Morgan fingerprint density at radius 3 is 2.57 bits per heavy atom. The van der Waals surface area contributed by atoms with Crippen molar-refractivity contribution in [3.05, 3.63) is 59.0 Å². The molecule has 0 aliphatic rings. The van der Waals surface area contributed by atoms with Crippen LogP contribution >= 0.6 is 0 Å². The van der Waals surface area contributed by atoms with Gasteiger partial charge in [0.25, 0.3) is 5.91 Å². The number of aromatic carboxylic acids is 1. The van der Waals surface area contributed by atoms with Crippen LogP contribution in [0.25, 0.3) is 0 Å². The van der Waals surface area contributed by atoms with Crippen molar-refractivity contribution in [3.63, 3.8) is 0 Å². The normalized spacial score (nSPS) is 10.4. The summed E-state index contributed by atoms with van der Waals surface area (Å²) in [5.41, 5.74) is 2.14. The van der Waals surface area contributed by atoms with Gasteiger partial charge in [0.1, 0.15) is 6.26 Å². The molecule has 0 bridgehead atoms. The maximum absolute atomic E-state index is 12.4. The number of carbonyl (C=O) groups is 2. The van der Waals surface area contributed by atoms with Crippen LogP contribution in [-0.2, 0) is 6.54 Å². The molecular weight excluding hydrogens is 270 g/mol. The maximum atomic E-state index is 12.4. The molecule has 0 saturated carbocycles. The van der Waals surface area contributed by atoms with E-state index < -0.39 is 5.97 Å². The van der Waals surface area contributed by atoms with Crippen molar-refractivity contribution in [2.45, 2.75) is 20.4 Å². The number of furan rings is 1. The fourth-order valence-electron chi connectivity index (χ4n) is 2.04. The van der Waals surface area contributed by atoms with E-state index >= 15 is 0 Å². The van der Waals surface area contributed by atoms with Gasteiger partial charge >= 0.3 is 5.97 Å². The molecule has 0 atom stereocenters. The zero-order valence-electron chi connectivity index (χ0n) is 12.0. The first-order valence-corrected chi connectivity index (χ1v) is 6.68. The number of benzene rings is 1. The molecule has 0 saturated heterocycles. The van der Waals surface area contributed by atoms with E-state index in [2.05, 4.69) is 0 Å². The van der Waals surface area contributed by atoms with Gasteiger partial charge in [0.2, 0.25) is 0 Å². The van der Waals surface area contributed by atoms with Gasteiger partial charge in [0.05, 0.1) is 5.56 Å². The van der Waals surface area contributed by atoms with Gasteiger partial charge in [0.15, 0.2) is 5.76 Å². The summed E-state index contributed by atoms with van der Waals surface area (Å²) in [6, 6.07) is 9.09. The van der Waals surface area contributed by atoms with Gasteiger partial charge in [-0.25, -0.2) is 4.79 Å². The summed E-state index contributed by atoms with van der Waals surface area (Å²) in [5.74, 6) is -1.38. The van der Waals surface area contributed by atoms with E-state index in [9.17, 15) is 9.59 Å². The lowest BCUT2D eigenvalue weighted by Gasteiger charge is -2.20. The zero-order chi connectivity index (χ0) is 15.4. The average molecular weight is 287 g/mol. The molecule has 1 heterocycles. The molecule has 0 spiro atoms. The van der Waals surface area contributed by atoms with Crippen molar-refractivity contribution in [2.24, 2.45) is 0 Å². The standard InChI is InChI=1S/C16H17NO4/c1-3-17(9-12-7-5-4-6-11(12)2)15(18)14-8-13(10-21-14)16(19)20/h4-8,10H,3,9H2,1-2H3,(H,19,20). The van der Waals surface area contributed by atoms with E-state index in [1.54, 1.807) is 4.90 Å². The van der Waals surface area contributed by atoms with Crippen LogP contribution in [0, 0.1) is 6.92 Å². The Morgan fingerprint density at radius 1 is 1.29 bits per heavy atom. The Kier molecular flexibility index (Phi) is 4.42. The van der Waals surface area contributed by atoms with Crippen molar-refractivity contribution in [3.8, 4) is 0 Å². The summed E-state index contributed by atoms with van der Waals surface area (Å²) in [5, 5.41) is 8.86. The molecule has 5 nitrogen and oxygen atoms in total. The fraction of sp³-hybridized carbons (Fsp3) is 0.250. The second-order valence-corrected chi connectivity index (χ2v) is 4.75. The predicted molar refractivity (Wildman–Crippen MR) is 77.3 cm³/mol. The number of aryl methyl sites for hydroxylation is 1. The Labute approximate surface area is 122 Å². The number of carbonyl (C=O) groups excluding carboxylic acids is 1. The number of nitrogens with zero attached hydrogens (tertiary/aromatic N) is 1. The minimum absolute atomic E-state index is 0.0229. The summed E-state index contributed by atoms with van der Waals surface area (Å²) < 4.78 is 5.07. The third-order valence-electron chi connectivity index (χ3n) is 3.35. The molecule has 0 aliphatic carbocycles. The minimum Gasteiger partial charge on any atom is -0.478 e. The molecule has 21 heavy (non-hydrogen) atoms. The quantitative estimate of drug-likeness (QED) is 0.917. The minimum atomic E-state index is -1.11. The van der Waals surface area contributed by atoms with Crippen molar-refractivity contribution in [1.82, 2.24) is 4.90 Å². The highest BCUT2D eigenvalue weighted by atomic mass is 16.4. The van der Waals surface area contributed by atoms with Gasteiger partial charge in [-0.2, -0.15) is 0 Å². The van der Waals surface area contributed by atoms with E-state index in [1.165, 1.54) is 6.07 Å². The van der Waals surface area contributed by atoms with Crippen LogP contribution in [0.3, 0.4) is 0 Å². The Hall–Kier alpha value is -2.56. The highest BCUT2D eigenvalue weighted by Gasteiger charge is 2.20. The molecule has 1 N–H and O–H groups in total. The summed E-state index contributed by atoms with van der Waals surface area (Å²) in [4.78, 5) is 24.8. The van der Waals surface area contributed by atoms with Gasteiger partial charge in [-0.15, -0.1) is 0 Å². The van der Waals surface area contributed by atoms with Crippen LogP contribution in [0.15, 0.2) is 41.0 Å². The maximum Gasteiger partial charge on any atom is 0.338 e. The average Bonchev–Trinajstić information content (AvgIpc) is 2.96. The summed E-state index contributed by atoms with van der Waals surface area (Å²) in [7, 11) is 0. The number of amides is 1. The molecule has 0 radical (unpaired) electrons. The van der Waals surface area contributed by atoms with Crippen LogP contribution in [0.4, 0.5) is 0 Å². The van der Waals surface area contributed by atoms with E-state index in [0.29, 0.717) is 13.1 Å². The largest absolute Gasteiger partial charge is 0.478 e. The molecule has 5 heteroatoms. The Balaban J connectivity index is 2.18. The van der Waals surface area contributed by atoms with Crippen molar-refractivity contribution < 1.29 is 19.1 Å². The van der Waals surface area contributed by atoms with E-state index in [0.717, 1.165) is 17.4 Å². The molecule has 1 aromatic carbocycles. The van der Waals surface area contributed by atoms with Crippen molar-refractivity contribution in [2.75, 3.05) is 6.54 Å². The molecule has 2 rings (SSSR count). The third-order valence-corrected chi connectivity index (χ3v) is 3.35. The third kappa shape index (κ3) is 3.31. The summed E-state index contributed by atoms with van der Waals surface area (Å²) in [6.07, 6.45) is 1.08. The van der Waals surface area contributed by atoms with E-state index in [1.807, 2.05) is 38.1 Å². The second-order valence-electron chi connectivity index (χ2n) is 4.75. The zero-order valence-corrected chi connectivity index (χ0v) is 12.0. The van der Waals surface area contributed by atoms with Crippen LogP contribution in [-0.4, -0.2) is 28.4 Å². The molecule has 110 valence electrons. The van der Waals surface area contributed by atoms with Gasteiger partial charge in [-0.3, -0.25) is 4.79 Å². The van der Waals surface area contributed by atoms with Gasteiger partial charge in [-0.1, -0.05) is 24.3 Å². The number of carboxylic acid groups (broad SMARTS) is 1. The molecule has 0 fully saturated rings. The summed E-state index contributed by atoms with van der Waals surface area (Å²) in [6.45, 7) is 4.83. The number of hydrogen-bond donors (Lipinski definition) is 1. The summed E-state index contributed by atoms with van der Waals surface area (Å²) >= 11 is 0. The lowest BCUT2D eigenvalue weighted by atomic mass is 10.1. The molecule has 0 unspecified atom stereocenters. The van der Waals surface area contributed by atoms with E-state index in [-0.39, 0.29) is 17.2 Å². The molecule has 1 amide bonds. The van der Waals surface area contributed by atoms with E-state index in [4.69, 9.17) is 9.52 Å². The highest BCUT2D eigenvalue weighted by Crippen LogP contribution is 2.15. The Morgan fingerprint density at radius 2 is 2.00 bits per heavy atom. The number of hydrogen-bond acceptors (Lipinski definition) is 3. The molecule has 0 aliphatic heterocycles. The second kappa shape index (κ2) is 6.26. The lowest BCUT2D eigenvalue weighted by molar-refractivity contribution is 0.0693. The molecule has 1 aromatic heterocycles. The van der Waals surface area contributed by atoms with Crippen LogP contribution in [0.1, 0.15) is 39.0 Å². The SMILES string of the molecule is CCN(Cc1ccccc1C)C(=O)c1cc(C(=O)O)co1. The first-order chi connectivity index (χ1) is 10.0. The van der Waals surface area contributed by atoms with Gasteiger partial charge in [0, 0.05) is 19.2 Å². The number of rotatable bonds is 5. The lowest BCUT2D eigenvalue weighted by Crippen LogP contribution is -2.30. The topological polar surface area (TPSA) is 70.8 Å². The highest BCUT2D eigenvalue weighted by molar-refractivity contribution is 5.95. The number of carboxylic acids is 1. The Bertz CT molecular complexity index is 660. The van der Waals surface area contributed by atoms with Crippen molar-refractivity contribution in [1.29, 1.82) is 0 Å². The fourth-order valence-corrected chi connectivity index (χ4v) is 2.04. The molecular formula is C16H17NO4. The van der Waals surface area contributed by atoms with Gasteiger partial charge < -0.3 is 14.4 Å². The predicted octanol–water partition coefficient (Wildman–Crippen LogP) is 2.95. The monoisotopic (exact) mass is 287 g/mol. The van der Waals surface area contributed by atoms with Gasteiger partial charge in [-0.05, 0) is 25.0 Å². The van der Waals surface area contributed by atoms with Crippen LogP contribution < -0.4 is 0 Å². The van der Waals surface area contributed by atoms with Crippen LogP contribution in [0.5, 0.6) is 0 Å². The van der Waals surface area contributed by atoms with Crippen molar-refractivity contribution >= 4 is 11.9 Å². The van der Waals surface area contributed by atoms with Crippen LogP contribution in [0.2, 0.25) is 0 Å².